The molecule has 0 aliphatic heterocycles. The number of carbonyl (C=O) groups excluding carboxylic acids is 2. The first kappa shape index (κ1) is 26.0. The molecule has 5 nitrogen and oxygen atoms in total. The van der Waals surface area contributed by atoms with Crippen LogP contribution in [0.15, 0.2) is 78.9 Å². The van der Waals surface area contributed by atoms with E-state index >= 15 is 0 Å². The molecule has 0 aliphatic rings. The van der Waals surface area contributed by atoms with Gasteiger partial charge in [-0.2, -0.15) is 0 Å². The fraction of sp³-hybridized carbons (Fsp3) is 0.333. The summed E-state index contributed by atoms with van der Waals surface area (Å²) >= 11 is 0. The first-order chi connectivity index (χ1) is 16.6. The Labute approximate surface area is 209 Å². The van der Waals surface area contributed by atoms with Gasteiger partial charge in [0.1, 0.15) is 11.8 Å². The van der Waals surface area contributed by atoms with Crippen molar-refractivity contribution in [3.63, 3.8) is 0 Å². The van der Waals surface area contributed by atoms with Gasteiger partial charge in [-0.3, -0.25) is 9.59 Å². The molecule has 1 atom stereocenters. The Morgan fingerprint density at radius 1 is 0.857 bits per heavy atom. The van der Waals surface area contributed by atoms with Gasteiger partial charge in [-0.05, 0) is 69.0 Å². The first-order valence-electron chi connectivity index (χ1n) is 12.0. The molecule has 3 aromatic carbocycles. The van der Waals surface area contributed by atoms with E-state index in [-0.39, 0.29) is 18.4 Å². The number of nitrogens with zero attached hydrogens (tertiary/aromatic N) is 1. The van der Waals surface area contributed by atoms with Crippen molar-refractivity contribution in [3.8, 4) is 5.75 Å². The van der Waals surface area contributed by atoms with Gasteiger partial charge >= 0.3 is 0 Å². The second-order valence-corrected chi connectivity index (χ2v) is 10.1. The van der Waals surface area contributed by atoms with Crippen LogP contribution in [0.4, 0.5) is 0 Å². The highest BCUT2D eigenvalue weighted by Gasteiger charge is 2.32. The summed E-state index contributed by atoms with van der Waals surface area (Å²) < 4.78 is 5.91. The maximum absolute atomic E-state index is 13.6. The largest absolute Gasteiger partial charge is 0.484 e. The number of ether oxygens (including phenoxy) is 1. The lowest BCUT2D eigenvalue weighted by Gasteiger charge is -2.33. The summed E-state index contributed by atoms with van der Waals surface area (Å²) in [4.78, 5) is 28.8. The molecule has 1 N–H and O–H groups in total. The van der Waals surface area contributed by atoms with Crippen LogP contribution >= 0.6 is 0 Å². The third kappa shape index (κ3) is 8.29. The highest BCUT2D eigenvalue weighted by Crippen LogP contribution is 2.19. The van der Waals surface area contributed by atoms with Crippen LogP contribution in [0.25, 0.3) is 0 Å². The fourth-order valence-electron chi connectivity index (χ4n) is 4.03. The van der Waals surface area contributed by atoms with Crippen LogP contribution in [0.5, 0.6) is 5.75 Å². The number of amides is 2. The molecule has 0 saturated carbocycles. The number of nitrogens with one attached hydrogen (secondary N) is 1. The normalized spacial score (nSPS) is 12.0. The van der Waals surface area contributed by atoms with Crippen molar-refractivity contribution in [2.45, 2.75) is 59.2 Å². The first-order valence-corrected chi connectivity index (χ1v) is 12.0. The summed E-state index contributed by atoms with van der Waals surface area (Å²) in [5.74, 6) is 0.226. The number of hydrogen-bond donors (Lipinski definition) is 1. The lowest BCUT2D eigenvalue weighted by Crippen LogP contribution is -2.55. The maximum Gasteiger partial charge on any atom is 0.261 e. The summed E-state index contributed by atoms with van der Waals surface area (Å²) in [5, 5.41) is 3.08. The summed E-state index contributed by atoms with van der Waals surface area (Å²) in [6.07, 6.45) is 0.408. The van der Waals surface area contributed by atoms with Crippen LogP contribution < -0.4 is 10.1 Å². The predicted octanol–water partition coefficient (Wildman–Crippen LogP) is 5.24. The highest BCUT2D eigenvalue weighted by molar-refractivity contribution is 5.89. The Morgan fingerprint density at radius 2 is 1.40 bits per heavy atom. The second kappa shape index (κ2) is 11.7. The predicted molar refractivity (Wildman–Crippen MR) is 140 cm³/mol. The zero-order valence-corrected chi connectivity index (χ0v) is 21.4. The van der Waals surface area contributed by atoms with Crippen molar-refractivity contribution < 1.29 is 14.3 Å². The molecule has 0 aromatic heterocycles. The maximum atomic E-state index is 13.6. The molecule has 2 amide bonds. The lowest BCUT2D eigenvalue weighted by atomic mass is 10.0. The van der Waals surface area contributed by atoms with Crippen LogP contribution in [0.2, 0.25) is 0 Å². The Kier molecular flexibility index (Phi) is 8.69. The van der Waals surface area contributed by atoms with Crippen molar-refractivity contribution in [3.05, 3.63) is 101 Å². The molecule has 0 aliphatic carbocycles. The Bertz CT molecular complexity index is 1100. The molecule has 0 bridgehead atoms. The number of rotatable bonds is 9. The molecule has 0 heterocycles. The van der Waals surface area contributed by atoms with Crippen LogP contribution in [-0.2, 0) is 22.6 Å². The zero-order chi connectivity index (χ0) is 25.4. The van der Waals surface area contributed by atoms with Crippen LogP contribution in [0.1, 0.15) is 43.0 Å². The minimum absolute atomic E-state index is 0.149. The molecule has 3 aromatic rings. The molecule has 3 rings (SSSR count). The quantitative estimate of drug-likeness (QED) is 0.464. The molecular formula is C30H36N2O3. The van der Waals surface area contributed by atoms with E-state index in [1.54, 1.807) is 4.90 Å². The molecule has 184 valence electrons. The third-order valence-corrected chi connectivity index (χ3v) is 5.52. The molecule has 1 unspecified atom stereocenters. The topological polar surface area (TPSA) is 58.6 Å². The number of aryl methyl sites for hydroxylation is 2. The minimum Gasteiger partial charge on any atom is -0.484 e. The van der Waals surface area contributed by atoms with Crippen molar-refractivity contribution in [2.75, 3.05) is 6.61 Å². The van der Waals surface area contributed by atoms with E-state index in [0.717, 1.165) is 22.3 Å². The van der Waals surface area contributed by atoms with E-state index in [4.69, 9.17) is 4.74 Å². The third-order valence-electron chi connectivity index (χ3n) is 5.52. The van der Waals surface area contributed by atoms with Crippen molar-refractivity contribution >= 4 is 11.8 Å². The van der Waals surface area contributed by atoms with Gasteiger partial charge in [0, 0.05) is 18.5 Å². The average molecular weight is 473 g/mol. The van der Waals surface area contributed by atoms with Gasteiger partial charge in [-0.15, -0.1) is 0 Å². The molecule has 35 heavy (non-hydrogen) atoms. The SMILES string of the molecule is Cc1cc(C)cc(OCC(=O)N(Cc2ccccc2)C(Cc2ccccc2)C(=O)NC(C)(C)C)c1. The van der Waals surface area contributed by atoms with Crippen molar-refractivity contribution in [1.82, 2.24) is 10.2 Å². The smallest absolute Gasteiger partial charge is 0.261 e. The number of carbonyl (C=O) groups is 2. The monoisotopic (exact) mass is 472 g/mol. The molecule has 0 spiro atoms. The van der Waals surface area contributed by atoms with Crippen LogP contribution in [0, 0.1) is 13.8 Å². The second-order valence-electron chi connectivity index (χ2n) is 10.1. The van der Waals surface area contributed by atoms with Gasteiger partial charge in [0.2, 0.25) is 5.91 Å². The lowest BCUT2D eigenvalue weighted by molar-refractivity contribution is -0.143. The van der Waals surface area contributed by atoms with Crippen molar-refractivity contribution in [1.29, 1.82) is 0 Å². The van der Waals surface area contributed by atoms with E-state index in [1.165, 1.54) is 0 Å². The Balaban J connectivity index is 1.91. The molecule has 0 saturated heterocycles. The minimum atomic E-state index is -0.688. The van der Waals surface area contributed by atoms with Gasteiger partial charge in [0.05, 0.1) is 0 Å². The number of benzene rings is 3. The van der Waals surface area contributed by atoms with Gasteiger partial charge in [0.25, 0.3) is 5.91 Å². The Hall–Kier alpha value is -3.60. The summed E-state index contributed by atoms with van der Waals surface area (Å²) in [6.45, 7) is 9.98. The van der Waals surface area contributed by atoms with E-state index in [1.807, 2.05) is 107 Å². The average Bonchev–Trinajstić information content (AvgIpc) is 2.79. The van der Waals surface area contributed by atoms with E-state index in [2.05, 4.69) is 11.4 Å². The van der Waals surface area contributed by atoms with E-state index in [0.29, 0.717) is 18.7 Å². The van der Waals surface area contributed by atoms with Gasteiger partial charge < -0.3 is 15.0 Å². The highest BCUT2D eigenvalue weighted by atomic mass is 16.5. The van der Waals surface area contributed by atoms with Crippen LogP contribution in [0.3, 0.4) is 0 Å². The number of hydrogen-bond acceptors (Lipinski definition) is 3. The zero-order valence-electron chi connectivity index (χ0n) is 21.4. The summed E-state index contributed by atoms with van der Waals surface area (Å²) in [6, 6.07) is 24.7. The molecule has 0 radical (unpaired) electrons. The molecule has 5 heteroatoms. The Morgan fingerprint density at radius 3 is 1.94 bits per heavy atom. The standard InChI is InChI=1S/C30H36N2O3/c1-22-16-23(2)18-26(17-22)35-21-28(33)32(20-25-14-10-7-11-15-25)27(29(34)31-30(3,4)5)19-24-12-8-6-9-13-24/h6-18,27H,19-21H2,1-5H3,(H,31,34). The summed E-state index contributed by atoms with van der Waals surface area (Å²) in [5.41, 5.74) is 3.65. The van der Waals surface area contributed by atoms with Gasteiger partial charge in [-0.1, -0.05) is 66.7 Å². The van der Waals surface area contributed by atoms with Gasteiger partial charge in [-0.25, -0.2) is 0 Å². The molecule has 0 fully saturated rings. The molecular weight excluding hydrogens is 436 g/mol. The summed E-state index contributed by atoms with van der Waals surface area (Å²) in [7, 11) is 0. The van der Waals surface area contributed by atoms with Crippen molar-refractivity contribution in [2.24, 2.45) is 0 Å². The van der Waals surface area contributed by atoms with E-state index in [9.17, 15) is 9.59 Å². The van der Waals surface area contributed by atoms with Gasteiger partial charge in [0.15, 0.2) is 6.61 Å². The van der Waals surface area contributed by atoms with E-state index < -0.39 is 11.6 Å². The fourth-order valence-corrected chi connectivity index (χ4v) is 4.03. The van der Waals surface area contributed by atoms with Crippen LogP contribution in [-0.4, -0.2) is 34.9 Å².